The minimum atomic E-state index is -0.865. The molecule has 0 aliphatic carbocycles. The number of hydrogen-bond acceptors (Lipinski definition) is 5. The van der Waals surface area contributed by atoms with Crippen molar-refractivity contribution in [3.8, 4) is 0 Å². The summed E-state index contributed by atoms with van der Waals surface area (Å²) in [5, 5.41) is 8.78. The van der Waals surface area contributed by atoms with E-state index in [1.807, 2.05) is 0 Å². The number of carbonyl (C=O) groups is 2. The molecule has 2 heterocycles. The summed E-state index contributed by atoms with van der Waals surface area (Å²) in [7, 11) is 1.74. The summed E-state index contributed by atoms with van der Waals surface area (Å²) in [5.41, 5.74) is 0. The summed E-state index contributed by atoms with van der Waals surface area (Å²) in [5.74, 6) is -0.818. The normalized spacial score (nSPS) is 29.0. The number of carboxylic acids is 1. The summed E-state index contributed by atoms with van der Waals surface area (Å²) in [6.45, 7) is 4.10. The minimum Gasteiger partial charge on any atom is -0.480 e. The van der Waals surface area contributed by atoms with Crippen LogP contribution in [0.2, 0.25) is 0 Å². The molecular formula is C15H26N2O5. The first-order valence-electron chi connectivity index (χ1n) is 7.95. The molecule has 3 unspecified atom stereocenters. The van der Waals surface area contributed by atoms with Crippen LogP contribution in [0.3, 0.4) is 0 Å². The van der Waals surface area contributed by atoms with Crippen LogP contribution < -0.4 is 0 Å². The molecule has 22 heavy (non-hydrogen) atoms. The lowest BCUT2D eigenvalue weighted by Crippen LogP contribution is -2.52. The smallest absolute Gasteiger partial charge is 0.317 e. The highest BCUT2D eigenvalue weighted by molar-refractivity contribution is 5.81. The summed E-state index contributed by atoms with van der Waals surface area (Å²) in [6, 6.07) is 0. The third-order valence-corrected chi connectivity index (χ3v) is 4.21. The summed E-state index contributed by atoms with van der Waals surface area (Å²) in [4.78, 5) is 26.7. The fourth-order valence-electron chi connectivity index (χ4n) is 3.06. The molecule has 0 bridgehead atoms. The Balaban J connectivity index is 1.82. The van der Waals surface area contributed by atoms with Crippen LogP contribution in [-0.4, -0.2) is 84.9 Å². The van der Waals surface area contributed by atoms with Gasteiger partial charge in [0.1, 0.15) is 6.10 Å². The van der Waals surface area contributed by atoms with E-state index in [1.165, 1.54) is 0 Å². The Labute approximate surface area is 131 Å². The monoisotopic (exact) mass is 314 g/mol. The van der Waals surface area contributed by atoms with Crippen LogP contribution >= 0.6 is 0 Å². The molecule has 0 aromatic rings. The molecular weight excluding hydrogens is 288 g/mol. The Morgan fingerprint density at radius 2 is 2.09 bits per heavy atom. The topological polar surface area (TPSA) is 79.3 Å². The lowest BCUT2D eigenvalue weighted by molar-refractivity contribution is -0.151. The molecule has 1 N–H and O–H groups in total. The van der Waals surface area contributed by atoms with Gasteiger partial charge in [0, 0.05) is 19.6 Å². The van der Waals surface area contributed by atoms with Crippen molar-refractivity contribution in [2.24, 2.45) is 0 Å². The number of likely N-dealkylation sites (N-methyl/N-ethyl adjacent to an activating group) is 1. The van der Waals surface area contributed by atoms with Crippen molar-refractivity contribution in [1.82, 2.24) is 9.80 Å². The molecule has 0 aromatic heterocycles. The Morgan fingerprint density at radius 1 is 1.32 bits per heavy atom. The highest BCUT2D eigenvalue weighted by atomic mass is 16.5. The zero-order chi connectivity index (χ0) is 16.1. The molecule has 3 atom stereocenters. The molecule has 2 fully saturated rings. The van der Waals surface area contributed by atoms with Crippen LogP contribution in [0.5, 0.6) is 0 Å². The highest BCUT2D eigenvalue weighted by Crippen LogP contribution is 2.24. The van der Waals surface area contributed by atoms with Gasteiger partial charge in [0.25, 0.3) is 5.91 Å². The molecule has 0 spiro atoms. The third kappa shape index (κ3) is 4.66. The molecule has 7 heteroatoms. The first-order valence-corrected chi connectivity index (χ1v) is 7.95. The van der Waals surface area contributed by atoms with Crippen molar-refractivity contribution in [3.05, 3.63) is 0 Å². The van der Waals surface area contributed by atoms with Crippen molar-refractivity contribution < 1.29 is 24.2 Å². The van der Waals surface area contributed by atoms with Crippen LogP contribution in [0, 0.1) is 0 Å². The number of ether oxygens (including phenoxy) is 2. The van der Waals surface area contributed by atoms with Crippen molar-refractivity contribution in [2.45, 2.75) is 44.5 Å². The average Bonchev–Trinajstić information content (AvgIpc) is 2.94. The number of amides is 1. The maximum Gasteiger partial charge on any atom is 0.317 e. The average molecular weight is 314 g/mol. The molecule has 126 valence electrons. The number of carboxylic acid groups (broad SMARTS) is 1. The molecule has 0 saturated carbocycles. The van der Waals surface area contributed by atoms with Gasteiger partial charge in [-0.2, -0.15) is 0 Å². The molecule has 1 amide bonds. The Bertz CT molecular complexity index is 403. The molecule has 0 aromatic carbocycles. The SMILES string of the molecule is CCC1CCC(C(=O)N2CCOC(CN(C)CC(=O)O)C2)O1. The highest BCUT2D eigenvalue weighted by Gasteiger charge is 2.35. The standard InChI is InChI=1S/C15H26N2O5/c1-3-11-4-5-13(22-11)15(20)17-6-7-21-12(9-17)8-16(2)10-14(18)19/h11-13H,3-10H2,1-2H3,(H,18,19). The first kappa shape index (κ1) is 17.2. The Morgan fingerprint density at radius 3 is 2.73 bits per heavy atom. The fourth-order valence-corrected chi connectivity index (χ4v) is 3.06. The molecule has 2 saturated heterocycles. The van der Waals surface area contributed by atoms with Gasteiger partial charge in [-0.05, 0) is 26.3 Å². The van der Waals surface area contributed by atoms with Gasteiger partial charge in [0.15, 0.2) is 0 Å². The summed E-state index contributed by atoms with van der Waals surface area (Å²) >= 11 is 0. The van der Waals surface area contributed by atoms with Gasteiger partial charge in [0.05, 0.1) is 25.4 Å². The van der Waals surface area contributed by atoms with E-state index < -0.39 is 5.97 Å². The molecule has 2 rings (SSSR count). The van der Waals surface area contributed by atoms with Crippen molar-refractivity contribution in [2.75, 3.05) is 39.8 Å². The zero-order valence-electron chi connectivity index (χ0n) is 13.4. The van der Waals surface area contributed by atoms with E-state index in [2.05, 4.69) is 6.92 Å². The zero-order valence-corrected chi connectivity index (χ0v) is 13.4. The van der Waals surface area contributed by atoms with E-state index in [0.29, 0.717) is 26.2 Å². The third-order valence-electron chi connectivity index (χ3n) is 4.21. The van der Waals surface area contributed by atoms with E-state index in [0.717, 1.165) is 19.3 Å². The number of rotatable bonds is 6. The van der Waals surface area contributed by atoms with Gasteiger partial charge in [-0.25, -0.2) is 0 Å². The van der Waals surface area contributed by atoms with Crippen molar-refractivity contribution >= 4 is 11.9 Å². The maximum absolute atomic E-state index is 12.5. The van der Waals surface area contributed by atoms with Crippen LogP contribution in [0.1, 0.15) is 26.2 Å². The largest absolute Gasteiger partial charge is 0.480 e. The number of carbonyl (C=O) groups excluding carboxylic acids is 1. The predicted octanol–water partition coefficient (Wildman–Crippen LogP) is 0.188. The predicted molar refractivity (Wildman–Crippen MR) is 79.6 cm³/mol. The quantitative estimate of drug-likeness (QED) is 0.754. The Hall–Kier alpha value is -1.18. The summed E-state index contributed by atoms with van der Waals surface area (Å²) < 4.78 is 11.4. The van der Waals surface area contributed by atoms with Gasteiger partial charge in [0.2, 0.25) is 0 Å². The maximum atomic E-state index is 12.5. The van der Waals surface area contributed by atoms with Crippen molar-refractivity contribution in [3.63, 3.8) is 0 Å². The summed E-state index contributed by atoms with van der Waals surface area (Å²) in [6.07, 6.45) is 2.41. The second-order valence-corrected chi connectivity index (χ2v) is 6.10. The van der Waals surface area contributed by atoms with Crippen LogP contribution in [0.25, 0.3) is 0 Å². The minimum absolute atomic E-state index is 0.0300. The van der Waals surface area contributed by atoms with Gasteiger partial charge in [-0.15, -0.1) is 0 Å². The van der Waals surface area contributed by atoms with Gasteiger partial charge in [-0.1, -0.05) is 6.92 Å². The first-order chi connectivity index (χ1) is 10.5. The Kier molecular flexibility index (Phi) is 6.16. The van der Waals surface area contributed by atoms with Crippen molar-refractivity contribution in [1.29, 1.82) is 0 Å². The van der Waals surface area contributed by atoms with Crippen LogP contribution in [-0.2, 0) is 19.1 Å². The molecule has 2 aliphatic rings. The van der Waals surface area contributed by atoms with Gasteiger partial charge in [-0.3, -0.25) is 14.5 Å². The second-order valence-electron chi connectivity index (χ2n) is 6.10. The second kappa shape index (κ2) is 7.89. The lowest BCUT2D eigenvalue weighted by Gasteiger charge is -2.35. The molecule has 0 radical (unpaired) electrons. The van der Waals surface area contributed by atoms with Gasteiger partial charge >= 0.3 is 5.97 Å². The van der Waals surface area contributed by atoms with E-state index in [9.17, 15) is 9.59 Å². The van der Waals surface area contributed by atoms with E-state index in [4.69, 9.17) is 14.6 Å². The molecule has 2 aliphatic heterocycles. The van der Waals surface area contributed by atoms with Gasteiger partial charge < -0.3 is 19.5 Å². The number of hydrogen-bond donors (Lipinski definition) is 1. The van der Waals surface area contributed by atoms with E-state index >= 15 is 0 Å². The number of nitrogens with zero attached hydrogens (tertiary/aromatic N) is 2. The van der Waals surface area contributed by atoms with Crippen LogP contribution in [0.4, 0.5) is 0 Å². The van der Waals surface area contributed by atoms with E-state index in [-0.39, 0.29) is 30.8 Å². The van der Waals surface area contributed by atoms with E-state index in [1.54, 1.807) is 16.8 Å². The fraction of sp³-hybridized carbons (Fsp3) is 0.867. The van der Waals surface area contributed by atoms with Crippen LogP contribution in [0.15, 0.2) is 0 Å². The molecule has 7 nitrogen and oxygen atoms in total. The number of aliphatic carboxylic acids is 1. The lowest BCUT2D eigenvalue weighted by atomic mass is 10.1. The number of morpholine rings is 1.